The quantitative estimate of drug-likeness (QED) is 0.124. The van der Waals surface area contributed by atoms with Crippen LogP contribution in [0.15, 0.2) is 70.4 Å². The summed E-state index contributed by atoms with van der Waals surface area (Å²) >= 11 is 1.66. The van der Waals surface area contributed by atoms with Crippen molar-refractivity contribution in [2.24, 2.45) is 0 Å². The number of ether oxygens (including phenoxy) is 3. The molecule has 1 aromatic rings. The number of benzene rings is 1. The Hall–Kier alpha value is -2.18. The van der Waals surface area contributed by atoms with E-state index < -0.39 is 28.3 Å². The van der Waals surface area contributed by atoms with E-state index in [0.717, 1.165) is 9.80 Å². The normalized spacial score (nSPS) is 23.0. The summed E-state index contributed by atoms with van der Waals surface area (Å²) < 4.78 is 31.9. The van der Waals surface area contributed by atoms with Crippen LogP contribution in [0.1, 0.15) is 75.7 Å². The van der Waals surface area contributed by atoms with E-state index in [1.807, 2.05) is 12.1 Å². The molecule has 0 amide bonds. The molecule has 0 aliphatic carbocycles. The highest BCUT2D eigenvalue weighted by atomic mass is 32.2. The Balaban J connectivity index is 2.74. The molecule has 1 aliphatic rings. The maximum absolute atomic E-state index is 7.14. The zero-order valence-corrected chi connectivity index (χ0v) is 33.4. The molecule has 8 heteroatoms. The van der Waals surface area contributed by atoms with Crippen LogP contribution in [0.4, 0.5) is 0 Å². The lowest BCUT2D eigenvalue weighted by molar-refractivity contribution is -0.0516. The number of methoxy groups -OCH3 is 1. The third-order valence-corrected chi connectivity index (χ3v) is 20.7. The zero-order chi connectivity index (χ0) is 34.6. The van der Waals surface area contributed by atoms with Gasteiger partial charge in [-0.25, -0.2) is 0 Å². The van der Waals surface area contributed by atoms with Crippen molar-refractivity contribution in [3.05, 3.63) is 65.5 Å². The Labute approximate surface area is 287 Å². The van der Waals surface area contributed by atoms with Gasteiger partial charge in [-0.3, -0.25) is 0 Å². The molecular formula is C38H58O5SSi2. The molecule has 0 unspecified atom stereocenters. The SMILES string of the molecule is COCO[C@H]1C#C/C=C\C#C[C@@](C)(O[Si](C)(C)C(C)(C)C)/C(Sc2ccccc2)=C/CO/C(O[Si](C(C)C)(C(C)C)C(C)C)=C/C1. The summed E-state index contributed by atoms with van der Waals surface area (Å²) in [5.74, 6) is 13.6. The highest BCUT2D eigenvalue weighted by molar-refractivity contribution is 8.03. The molecule has 0 radical (unpaired) electrons. The highest BCUT2D eigenvalue weighted by Gasteiger charge is 2.48. The van der Waals surface area contributed by atoms with E-state index in [1.165, 1.54) is 0 Å². The molecule has 1 aliphatic heterocycles. The topological polar surface area (TPSA) is 46.2 Å². The Bertz CT molecular complexity index is 1300. The standard InChI is InChI=1S/C38H58O5SSi2/c1-30(2)46(31(3)4,32(5)6)42-36-25-24-33(41-29-39-11)21-17-14-15-20-27-38(10,43-45(12,13)37(7,8)9)35(26-28-40-36)44-34-22-18-16-19-23-34/h14-16,18-19,22-23,25-26,30-33H,24,28-29H2,1-13H3/b15-14-,35-26-,36-25-/t33-,38+/m0/s1. The van der Waals surface area contributed by atoms with E-state index in [1.54, 1.807) is 31.0 Å². The van der Waals surface area contributed by atoms with Gasteiger partial charge in [-0.1, -0.05) is 116 Å². The van der Waals surface area contributed by atoms with Crippen LogP contribution in [0, 0.1) is 23.7 Å². The number of allylic oxidation sites excluding steroid dienone is 2. The molecule has 1 heterocycles. The lowest BCUT2D eigenvalue weighted by atomic mass is 10.1. The van der Waals surface area contributed by atoms with E-state index >= 15 is 0 Å². The highest BCUT2D eigenvalue weighted by Crippen LogP contribution is 2.45. The Morgan fingerprint density at radius 3 is 2.13 bits per heavy atom. The minimum Gasteiger partial charge on any atom is -0.518 e. The Morgan fingerprint density at radius 2 is 1.57 bits per heavy atom. The van der Waals surface area contributed by atoms with Gasteiger partial charge in [-0.15, -0.1) is 0 Å². The molecule has 254 valence electrons. The molecular weight excluding hydrogens is 625 g/mol. The third kappa shape index (κ3) is 11.2. The van der Waals surface area contributed by atoms with Crippen molar-refractivity contribution in [1.82, 2.24) is 0 Å². The second-order valence-corrected chi connectivity index (χ2v) is 25.5. The minimum absolute atomic E-state index is 0.00547. The van der Waals surface area contributed by atoms with Crippen LogP contribution < -0.4 is 0 Å². The fourth-order valence-corrected chi connectivity index (χ4v) is 13.3. The molecule has 0 N–H and O–H groups in total. The summed E-state index contributed by atoms with van der Waals surface area (Å²) in [6.45, 7) is 27.5. The van der Waals surface area contributed by atoms with Crippen molar-refractivity contribution in [2.45, 2.75) is 127 Å². The van der Waals surface area contributed by atoms with E-state index in [0.29, 0.717) is 35.6 Å². The molecule has 46 heavy (non-hydrogen) atoms. The van der Waals surface area contributed by atoms with Gasteiger partial charge in [0.15, 0.2) is 8.32 Å². The Kier molecular flexibility index (Phi) is 15.5. The predicted molar refractivity (Wildman–Crippen MR) is 199 cm³/mol. The first kappa shape index (κ1) is 40.0. The maximum Gasteiger partial charge on any atom is 0.262 e. The van der Waals surface area contributed by atoms with Gasteiger partial charge >= 0.3 is 0 Å². The number of hydrogen-bond donors (Lipinski definition) is 0. The monoisotopic (exact) mass is 682 g/mol. The van der Waals surface area contributed by atoms with Crippen LogP contribution >= 0.6 is 11.8 Å². The zero-order valence-electron chi connectivity index (χ0n) is 30.6. The largest absolute Gasteiger partial charge is 0.518 e. The van der Waals surface area contributed by atoms with E-state index in [4.69, 9.17) is 23.1 Å². The first-order chi connectivity index (χ1) is 21.5. The summed E-state index contributed by atoms with van der Waals surface area (Å²) in [5.41, 5.74) is 0.271. The molecule has 5 nitrogen and oxygen atoms in total. The maximum atomic E-state index is 7.14. The number of hydrogen-bond acceptors (Lipinski definition) is 6. The summed E-state index contributed by atoms with van der Waals surface area (Å²) in [6.07, 6.45) is 7.75. The van der Waals surface area contributed by atoms with Crippen molar-refractivity contribution in [3.8, 4) is 23.7 Å². The summed E-state index contributed by atoms with van der Waals surface area (Å²) in [6, 6.07) is 10.4. The lowest BCUT2D eigenvalue weighted by Crippen LogP contribution is -2.48. The van der Waals surface area contributed by atoms with Gasteiger partial charge in [0.05, 0.1) is 0 Å². The van der Waals surface area contributed by atoms with Gasteiger partial charge in [0.2, 0.25) is 0 Å². The fourth-order valence-electron chi connectivity index (χ4n) is 5.53. The summed E-state index contributed by atoms with van der Waals surface area (Å²) in [4.78, 5) is 2.09. The summed E-state index contributed by atoms with van der Waals surface area (Å²) in [5, 5.41) is -0.00547. The van der Waals surface area contributed by atoms with Gasteiger partial charge in [-0.05, 0) is 78.1 Å². The lowest BCUT2D eigenvalue weighted by Gasteiger charge is -2.43. The molecule has 0 spiro atoms. The van der Waals surface area contributed by atoms with Crippen LogP contribution in [-0.4, -0.2) is 48.8 Å². The molecule has 0 bridgehead atoms. The van der Waals surface area contributed by atoms with Crippen LogP contribution in [0.25, 0.3) is 0 Å². The van der Waals surface area contributed by atoms with E-state index in [2.05, 4.69) is 136 Å². The molecule has 0 saturated carbocycles. The van der Waals surface area contributed by atoms with Crippen LogP contribution in [0.2, 0.25) is 34.8 Å². The molecule has 2 rings (SSSR count). The molecule has 2 atom stereocenters. The second-order valence-electron chi connectivity index (χ2n) is 14.3. The average Bonchev–Trinajstić information content (AvgIpc) is 2.96. The van der Waals surface area contributed by atoms with Gasteiger partial charge in [0.25, 0.3) is 14.3 Å². The van der Waals surface area contributed by atoms with Gasteiger partial charge in [-0.2, -0.15) is 0 Å². The van der Waals surface area contributed by atoms with Gasteiger partial charge in [0, 0.05) is 23.3 Å². The Morgan fingerprint density at radius 1 is 0.957 bits per heavy atom. The first-order valence-electron chi connectivity index (χ1n) is 16.4. The van der Waals surface area contributed by atoms with Crippen molar-refractivity contribution >= 4 is 28.4 Å². The van der Waals surface area contributed by atoms with Gasteiger partial charge < -0.3 is 23.1 Å². The van der Waals surface area contributed by atoms with E-state index in [-0.39, 0.29) is 11.8 Å². The van der Waals surface area contributed by atoms with E-state index in [9.17, 15) is 0 Å². The van der Waals surface area contributed by atoms with Crippen molar-refractivity contribution in [3.63, 3.8) is 0 Å². The molecule has 1 aromatic carbocycles. The average molecular weight is 683 g/mol. The van der Waals surface area contributed by atoms with Crippen LogP contribution in [0.3, 0.4) is 0 Å². The summed E-state index contributed by atoms with van der Waals surface area (Å²) in [7, 11) is -2.96. The first-order valence-corrected chi connectivity index (χ1v) is 22.3. The molecule has 0 saturated heterocycles. The number of rotatable bonds is 12. The number of thioether (sulfide) groups is 1. The molecule has 0 fully saturated rings. The van der Waals surface area contributed by atoms with Crippen LogP contribution in [0.5, 0.6) is 0 Å². The molecule has 0 aromatic heterocycles. The predicted octanol–water partition coefficient (Wildman–Crippen LogP) is 10.4. The van der Waals surface area contributed by atoms with Crippen molar-refractivity contribution in [1.29, 1.82) is 0 Å². The minimum atomic E-state index is -2.31. The second kappa shape index (κ2) is 17.8. The van der Waals surface area contributed by atoms with Crippen molar-refractivity contribution < 1.29 is 23.1 Å². The fraction of sp³-hybridized carbons (Fsp3) is 0.579. The smallest absolute Gasteiger partial charge is 0.262 e. The van der Waals surface area contributed by atoms with Crippen LogP contribution in [-0.2, 0) is 23.1 Å². The van der Waals surface area contributed by atoms with Gasteiger partial charge in [0.1, 0.15) is 25.1 Å². The van der Waals surface area contributed by atoms with Crippen molar-refractivity contribution in [2.75, 3.05) is 20.5 Å². The third-order valence-electron chi connectivity index (χ3n) is 8.88.